The highest BCUT2D eigenvalue weighted by Crippen LogP contribution is 2.10. The molecule has 2 N–H and O–H groups in total. The maximum absolute atomic E-state index is 11.9. The first-order valence-electron chi connectivity index (χ1n) is 7.92. The minimum atomic E-state index is -0.280. The van der Waals surface area contributed by atoms with Crippen LogP contribution in [-0.2, 0) is 11.2 Å². The summed E-state index contributed by atoms with van der Waals surface area (Å²) >= 11 is 0. The number of carbonyl (C=O) groups excluding carboxylic acids is 2. The molecular formula is C19H22N2O3. The van der Waals surface area contributed by atoms with Crippen molar-refractivity contribution in [1.29, 1.82) is 0 Å². The molecule has 0 saturated heterocycles. The van der Waals surface area contributed by atoms with Crippen LogP contribution < -0.4 is 15.4 Å². The lowest BCUT2D eigenvalue weighted by molar-refractivity contribution is -0.120. The second-order valence-corrected chi connectivity index (χ2v) is 5.35. The third kappa shape index (κ3) is 5.76. The Labute approximate surface area is 142 Å². The fourth-order valence-corrected chi connectivity index (χ4v) is 2.23. The zero-order valence-corrected chi connectivity index (χ0v) is 13.7. The molecule has 0 unspecified atom stereocenters. The first-order chi connectivity index (χ1) is 11.7. The summed E-state index contributed by atoms with van der Waals surface area (Å²) < 4.78 is 5.04. The van der Waals surface area contributed by atoms with Gasteiger partial charge in [0.1, 0.15) is 5.75 Å². The van der Waals surface area contributed by atoms with E-state index in [2.05, 4.69) is 22.8 Å². The van der Waals surface area contributed by atoms with Gasteiger partial charge in [-0.1, -0.05) is 30.3 Å². The van der Waals surface area contributed by atoms with Crippen molar-refractivity contribution in [2.24, 2.45) is 0 Å². The summed E-state index contributed by atoms with van der Waals surface area (Å²) in [6.45, 7) is 0.558. The number of amides is 2. The molecule has 126 valence electrons. The lowest BCUT2D eigenvalue weighted by atomic mass is 10.1. The predicted molar refractivity (Wildman–Crippen MR) is 93.1 cm³/mol. The van der Waals surface area contributed by atoms with Crippen molar-refractivity contribution < 1.29 is 14.3 Å². The molecule has 0 fully saturated rings. The molecular weight excluding hydrogens is 304 g/mol. The fourth-order valence-electron chi connectivity index (χ4n) is 2.23. The minimum Gasteiger partial charge on any atom is -0.497 e. The molecule has 2 rings (SSSR count). The van der Waals surface area contributed by atoms with Crippen LogP contribution in [0.25, 0.3) is 0 Å². The number of benzene rings is 2. The molecule has 5 nitrogen and oxygen atoms in total. The largest absolute Gasteiger partial charge is 0.497 e. The first kappa shape index (κ1) is 17.5. The van der Waals surface area contributed by atoms with E-state index in [0.29, 0.717) is 17.9 Å². The third-order valence-electron chi connectivity index (χ3n) is 3.57. The first-order valence-corrected chi connectivity index (χ1v) is 7.92. The molecule has 0 aliphatic carbocycles. The van der Waals surface area contributed by atoms with E-state index in [-0.39, 0.29) is 18.4 Å². The van der Waals surface area contributed by atoms with Gasteiger partial charge >= 0.3 is 0 Å². The van der Waals surface area contributed by atoms with E-state index in [9.17, 15) is 9.59 Å². The van der Waals surface area contributed by atoms with E-state index in [1.165, 1.54) is 5.56 Å². The second-order valence-electron chi connectivity index (χ2n) is 5.35. The molecule has 2 aromatic rings. The van der Waals surface area contributed by atoms with Gasteiger partial charge in [-0.05, 0) is 42.7 Å². The summed E-state index contributed by atoms with van der Waals surface area (Å²) in [5, 5.41) is 5.41. The Hall–Kier alpha value is -2.82. The average molecular weight is 326 g/mol. The van der Waals surface area contributed by atoms with Gasteiger partial charge in [0.2, 0.25) is 5.91 Å². The van der Waals surface area contributed by atoms with Gasteiger partial charge in [0, 0.05) is 12.1 Å². The molecule has 5 heteroatoms. The van der Waals surface area contributed by atoms with E-state index < -0.39 is 0 Å². The highest BCUT2D eigenvalue weighted by Gasteiger charge is 2.07. The molecule has 0 aliphatic rings. The van der Waals surface area contributed by atoms with Crippen LogP contribution in [0.5, 0.6) is 5.75 Å². The maximum Gasteiger partial charge on any atom is 0.251 e. The molecule has 0 bridgehead atoms. The van der Waals surface area contributed by atoms with E-state index in [1.807, 2.05) is 18.2 Å². The monoisotopic (exact) mass is 326 g/mol. The fraction of sp³-hybridized carbons (Fsp3) is 0.263. The lowest BCUT2D eigenvalue weighted by Gasteiger charge is -2.07. The third-order valence-corrected chi connectivity index (χ3v) is 3.57. The highest BCUT2D eigenvalue weighted by atomic mass is 16.5. The van der Waals surface area contributed by atoms with Crippen molar-refractivity contribution in [3.8, 4) is 5.75 Å². The van der Waals surface area contributed by atoms with Crippen LogP contribution in [0, 0.1) is 0 Å². The Morgan fingerprint density at radius 3 is 2.33 bits per heavy atom. The van der Waals surface area contributed by atoms with Crippen LogP contribution in [-0.4, -0.2) is 32.0 Å². The summed E-state index contributed by atoms with van der Waals surface area (Å²) in [7, 11) is 1.57. The summed E-state index contributed by atoms with van der Waals surface area (Å²) in [4.78, 5) is 23.7. The van der Waals surface area contributed by atoms with Crippen molar-refractivity contribution >= 4 is 11.8 Å². The maximum atomic E-state index is 11.9. The average Bonchev–Trinajstić information content (AvgIpc) is 2.64. The van der Waals surface area contributed by atoms with Gasteiger partial charge < -0.3 is 15.4 Å². The van der Waals surface area contributed by atoms with Crippen molar-refractivity contribution in [3.63, 3.8) is 0 Å². The number of nitrogens with one attached hydrogen (secondary N) is 2. The summed E-state index contributed by atoms with van der Waals surface area (Å²) in [6, 6.07) is 16.9. The molecule has 2 amide bonds. The number of carbonyl (C=O) groups is 2. The highest BCUT2D eigenvalue weighted by molar-refractivity contribution is 5.96. The van der Waals surface area contributed by atoms with Crippen LogP contribution in [0.15, 0.2) is 54.6 Å². The molecule has 0 aromatic heterocycles. The number of rotatable bonds is 8. The predicted octanol–water partition coefficient (Wildman–Crippen LogP) is 2.17. The molecule has 0 atom stereocenters. The van der Waals surface area contributed by atoms with Gasteiger partial charge in [-0.3, -0.25) is 9.59 Å². The Morgan fingerprint density at radius 2 is 1.67 bits per heavy atom. The van der Waals surface area contributed by atoms with Gasteiger partial charge in [-0.2, -0.15) is 0 Å². The van der Waals surface area contributed by atoms with Crippen molar-refractivity contribution in [2.75, 3.05) is 20.2 Å². The molecule has 2 aromatic carbocycles. The van der Waals surface area contributed by atoms with Gasteiger partial charge in [0.05, 0.1) is 13.7 Å². The Morgan fingerprint density at radius 1 is 0.958 bits per heavy atom. The van der Waals surface area contributed by atoms with Crippen LogP contribution in [0.2, 0.25) is 0 Å². The normalized spacial score (nSPS) is 10.0. The molecule has 24 heavy (non-hydrogen) atoms. The van der Waals surface area contributed by atoms with E-state index in [1.54, 1.807) is 31.4 Å². The van der Waals surface area contributed by atoms with Gasteiger partial charge in [-0.15, -0.1) is 0 Å². The zero-order chi connectivity index (χ0) is 17.2. The number of aryl methyl sites for hydroxylation is 1. The van der Waals surface area contributed by atoms with E-state index in [4.69, 9.17) is 4.74 Å². The molecule has 0 aliphatic heterocycles. The van der Waals surface area contributed by atoms with Gasteiger partial charge in [0.15, 0.2) is 0 Å². The summed E-state index contributed by atoms with van der Waals surface area (Å²) in [6.07, 6.45) is 1.78. The van der Waals surface area contributed by atoms with Gasteiger partial charge in [-0.25, -0.2) is 0 Å². The van der Waals surface area contributed by atoms with Crippen LogP contribution in [0.1, 0.15) is 22.3 Å². The molecule has 0 saturated carbocycles. The van der Waals surface area contributed by atoms with Crippen LogP contribution >= 0.6 is 0 Å². The molecule has 0 spiro atoms. The van der Waals surface area contributed by atoms with Crippen LogP contribution in [0.4, 0.5) is 0 Å². The molecule has 0 heterocycles. The standard InChI is InChI=1S/C19H22N2O3/c1-24-17-11-9-16(10-12-17)19(23)21-14-18(22)20-13-5-8-15-6-3-2-4-7-15/h2-4,6-7,9-12H,5,8,13-14H2,1H3,(H,20,22)(H,21,23). The Bertz CT molecular complexity index is 654. The van der Waals surface area contributed by atoms with Crippen molar-refractivity contribution in [2.45, 2.75) is 12.8 Å². The van der Waals surface area contributed by atoms with Crippen LogP contribution in [0.3, 0.4) is 0 Å². The van der Waals surface area contributed by atoms with Gasteiger partial charge in [0.25, 0.3) is 5.91 Å². The van der Waals surface area contributed by atoms with Crippen molar-refractivity contribution in [1.82, 2.24) is 10.6 Å². The number of hydrogen-bond donors (Lipinski definition) is 2. The van der Waals surface area contributed by atoms with Crippen molar-refractivity contribution in [3.05, 3.63) is 65.7 Å². The smallest absolute Gasteiger partial charge is 0.251 e. The summed E-state index contributed by atoms with van der Waals surface area (Å²) in [5.41, 5.74) is 1.74. The van der Waals surface area contributed by atoms with E-state index in [0.717, 1.165) is 12.8 Å². The second kappa shape index (κ2) is 9.35. The Balaban J connectivity index is 1.64. The number of methoxy groups -OCH3 is 1. The summed E-state index contributed by atoms with van der Waals surface area (Å²) in [5.74, 6) is 0.213. The lowest BCUT2D eigenvalue weighted by Crippen LogP contribution is -2.37. The number of ether oxygens (including phenoxy) is 1. The van der Waals surface area contributed by atoms with E-state index >= 15 is 0 Å². The minimum absolute atomic E-state index is 0.0315. The SMILES string of the molecule is COc1ccc(C(=O)NCC(=O)NCCCc2ccccc2)cc1. The zero-order valence-electron chi connectivity index (χ0n) is 13.7. The topological polar surface area (TPSA) is 67.4 Å². The quantitative estimate of drug-likeness (QED) is 0.731. The Kier molecular flexibility index (Phi) is 6.83. The molecule has 0 radical (unpaired) electrons. The number of hydrogen-bond acceptors (Lipinski definition) is 3.